The first-order valence-corrected chi connectivity index (χ1v) is 13.2. The summed E-state index contributed by atoms with van der Waals surface area (Å²) < 4.78 is 16.6. The van der Waals surface area contributed by atoms with E-state index >= 15 is 0 Å². The Morgan fingerprint density at radius 3 is 2.24 bits per heavy atom. The molecule has 1 saturated carbocycles. The lowest BCUT2D eigenvalue weighted by Gasteiger charge is -2.32. The molecule has 212 valence electrons. The second-order valence-electron chi connectivity index (χ2n) is 9.40. The zero-order valence-electron chi connectivity index (χ0n) is 22.6. The van der Waals surface area contributed by atoms with Crippen LogP contribution in [0.15, 0.2) is 61.1 Å². The van der Waals surface area contributed by atoms with Gasteiger partial charge in [0.05, 0.1) is 31.5 Å². The Balaban J connectivity index is 0.00000107. The largest absolute Gasteiger partial charge is 0.495 e. The standard InChI is InChI=1S/C26H38O6.C4H6O2/c1-3-4-5-6-21-7-11-24(12-8-21)30-15-16-31-25-13-9-22(10-14-25)23(18-28)19-32-26(29)20(2)17-27;1-4(2-5)3-6/h7-8,11-12,15-16,22-23,25,27-28H,2-6,9-10,13-14,17-19H2,1H3;2,6H,1,3H2/b16-15-;. The van der Waals surface area contributed by atoms with E-state index in [1.807, 2.05) is 12.1 Å². The normalized spacial score (nSPS) is 17.6. The molecule has 38 heavy (non-hydrogen) atoms. The first-order chi connectivity index (χ1) is 18.4. The van der Waals surface area contributed by atoms with Crippen LogP contribution in [0.1, 0.15) is 57.4 Å². The van der Waals surface area contributed by atoms with Gasteiger partial charge in [0.2, 0.25) is 0 Å². The summed E-state index contributed by atoms with van der Waals surface area (Å²) in [5.74, 6) is 0.331. The van der Waals surface area contributed by atoms with Gasteiger partial charge in [-0.1, -0.05) is 45.1 Å². The summed E-state index contributed by atoms with van der Waals surface area (Å²) in [5, 5.41) is 26.6. The molecule has 1 unspecified atom stereocenters. The van der Waals surface area contributed by atoms with Crippen LogP contribution in [-0.2, 0) is 25.5 Å². The van der Waals surface area contributed by atoms with Gasteiger partial charge in [0.15, 0.2) is 0 Å². The van der Waals surface area contributed by atoms with Crippen LogP contribution in [-0.4, -0.2) is 60.1 Å². The highest BCUT2D eigenvalue weighted by molar-refractivity contribution is 5.87. The number of aliphatic hydroxyl groups is 3. The molecule has 0 spiro atoms. The fraction of sp³-hybridized carbons (Fsp3) is 0.533. The van der Waals surface area contributed by atoms with Crippen LogP contribution < -0.4 is 4.74 Å². The van der Waals surface area contributed by atoms with Crippen LogP contribution in [0.4, 0.5) is 0 Å². The zero-order chi connectivity index (χ0) is 28.2. The van der Waals surface area contributed by atoms with Crippen molar-refractivity contribution in [3.8, 4) is 5.75 Å². The summed E-state index contributed by atoms with van der Waals surface area (Å²) in [4.78, 5) is 21.1. The van der Waals surface area contributed by atoms with Gasteiger partial charge in [0, 0.05) is 18.1 Å². The maximum Gasteiger partial charge on any atom is 0.335 e. The molecule has 0 amide bonds. The van der Waals surface area contributed by atoms with Crippen molar-refractivity contribution in [1.82, 2.24) is 0 Å². The van der Waals surface area contributed by atoms with Gasteiger partial charge in [-0.3, -0.25) is 4.79 Å². The number of aryl methyl sites for hydroxylation is 1. The molecule has 0 radical (unpaired) electrons. The Hall–Kier alpha value is -2.94. The topological polar surface area (TPSA) is 123 Å². The fourth-order valence-electron chi connectivity index (χ4n) is 3.98. The molecule has 0 saturated heterocycles. The lowest BCUT2D eigenvalue weighted by molar-refractivity contribution is -0.142. The number of aldehydes is 1. The monoisotopic (exact) mass is 532 g/mol. The van der Waals surface area contributed by atoms with Crippen LogP contribution in [0, 0.1) is 11.8 Å². The minimum atomic E-state index is -0.612. The Kier molecular flexibility index (Phi) is 17.5. The molecular formula is C30H44O8. The van der Waals surface area contributed by atoms with Gasteiger partial charge in [-0.05, 0) is 62.1 Å². The van der Waals surface area contributed by atoms with Crippen LogP contribution in [0.25, 0.3) is 0 Å². The van der Waals surface area contributed by atoms with Gasteiger partial charge < -0.3 is 29.5 Å². The van der Waals surface area contributed by atoms with Crippen molar-refractivity contribution >= 4 is 12.3 Å². The Morgan fingerprint density at radius 2 is 1.71 bits per heavy atom. The lowest BCUT2D eigenvalue weighted by Crippen LogP contribution is -2.30. The molecule has 2 rings (SSSR count). The highest BCUT2D eigenvalue weighted by Gasteiger charge is 2.28. The van der Waals surface area contributed by atoms with E-state index < -0.39 is 12.6 Å². The number of aliphatic hydroxyl groups excluding tert-OH is 3. The first-order valence-electron chi connectivity index (χ1n) is 13.2. The van der Waals surface area contributed by atoms with Gasteiger partial charge in [0.25, 0.3) is 0 Å². The van der Waals surface area contributed by atoms with E-state index in [9.17, 15) is 14.7 Å². The Labute approximate surface area is 226 Å². The molecule has 8 heteroatoms. The number of carbonyl (C=O) groups is 2. The van der Waals surface area contributed by atoms with E-state index in [4.69, 9.17) is 24.4 Å². The van der Waals surface area contributed by atoms with Gasteiger partial charge in [-0.2, -0.15) is 0 Å². The number of unbranched alkanes of at least 4 members (excludes halogenated alkanes) is 2. The number of ether oxygens (including phenoxy) is 3. The third-order valence-electron chi connectivity index (χ3n) is 6.42. The van der Waals surface area contributed by atoms with Crippen LogP contribution in [0.2, 0.25) is 0 Å². The number of hydrogen-bond acceptors (Lipinski definition) is 8. The van der Waals surface area contributed by atoms with Crippen LogP contribution in [0.3, 0.4) is 0 Å². The summed E-state index contributed by atoms with van der Waals surface area (Å²) in [7, 11) is 0. The molecule has 0 aliphatic heterocycles. The van der Waals surface area contributed by atoms with E-state index in [1.54, 1.807) is 12.5 Å². The molecule has 1 aliphatic rings. The van der Waals surface area contributed by atoms with E-state index in [0.717, 1.165) is 37.9 Å². The molecule has 1 fully saturated rings. The zero-order valence-corrected chi connectivity index (χ0v) is 22.6. The Morgan fingerprint density at radius 1 is 1.03 bits per heavy atom. The van der Waals surface area contributed by atoms with Crippen molar-refractivity contribution in [1.29, 1.82) is 0 Å². The summed E-state index contributed by atoms with van der Waals surface area (Å²) in [6, 6.07) is 8.17. The van der Waals surface area contributed by atoms with Crippen LogP contribution >= 0.6 is 0 Å². The van der Waals surface area contributed by atoms with Gasteiger partial charge in [-0.25, -0.2) is 4.79 Å². The van der Waals surface area contributed by atoms with E-state index in [1.165, 1.54) is 24.8 Å². The lowest BCUT2D eigenvalue weighted by atomic mass is 9.79. The molecule has 8 nitrogen and oxygen atoms in total. The molecule has 1 atom stereocenters. The summed E-state index contributed by atoms with van der Waals surface area (Å²) in [6.07, 6.45) is 12.2. The quantitative estimate of drug-likeness (QED) is 0.0948. The fourth-order valence-corrected chi connectivity index (χ4v) is 3.98. The van der Waals surface area contributed by atoms with Crippen molar-refractivity contribution in [3.63, 3.8) is 0 Å². The Bertz CT molecular complexity index is 854. The van der Waals surface area contributed by atoms with E-state index in [0.29, 0.717) is 6.29 Å². The maximum absolute atomic E-state index is 11.6. The van der Waals surface area contributed by atoms with Crippen molar-refractivity contribution < 1.29 is 39.1 Å². The molecule has 1 aromatic rings. The summed E-state index contributed by atoms with van der Waals surface area (Å²) in [6.45, 7) is 8.27. The SMILES string of the molecule is C=C(C=O)CO.C=C(CO)C(=O)OCC(CO)C1CCC(O/C=C\Oc2ccc(CCCCC)cc2)CC1. The molecule has 1 aromatic carbocycles. The number of carbonyl (C=O) groups excluding carboxylic acids is 2. The van der Waals surface area contributed by atoms with Crippen molar-refractivity contribution in [3.05, 3.63) is 66.7 Å². The average molecular weight is 533 g/mol. The molecule has 3 N–H and O–H groups in total. The van der Waals surface area contributed by atoms with E-state index in [-0.39, 0.29) is 48.9 Å². The maximum atomic E-state index is 11.6. The van der Waals surface area contributed by atoms with Gasteiger partial charge in [-0.15, -0.1) is 0 Å². The summed E-state index contributed by atoms with van der Waals surface area (Å²) in [5.41, 5.74) is 1.57. The molecular weight excluding hydrogens is 488 g/mol. The minimum absolute atomic E-state index is 0.0238. The first kappa shape index (κ1) is 33.1. The van der Waals surface area contributed by atoms with Gasteiger partial charge in [0.1, 0.15) is 24.6 Å². The third-order valence-corrected chi connectivity index (χ3v) is 6.42. The molecule has 0 bridgehead atoms. The predicted molar refractivity (Wildman–Crippen MR) is 146 cm³/mol. The summed E-state index contributed by atoms with van der Waals surface area (Å²) >= 11 is 0. The molecule has 0 aromatic heterocycles. The number of hydrogen-bond donors (Lipinski definition) is 3. The number of esters is 1. The van der Waals surface area contributed by atoms with Crippen molar-refractivity contribution in [2.45, 2.75) is 64.4 Å². The van der Waals surface area contributed by atoms with Crippen LogP contribution in [0.5, 0.6) is 5.75 Å². The smallest absolute Gasteiger partial charge is 0.335 e. The second-order valence-corrected chi connectivity index (χ2v) is 9.40. The van der Waals surface area contributed by atoms with E-state index in [2.05, 4.69) is 32.2 Å². The van der Waals surface area contributed by atoms with Crippen molar-refractivity contribution in [2.75, 3.05) is 26.4 Å². The van der Waals surface area contributed by atoms with Gasteiger partial charge >= 0.3 is 5.97 Å². The highest BCUT2D eigenvalue weighted by Crippen LogP contribution is 2.32. The number of rotatable bonds is 16. The van der Waals surface area contributed by atoms with Crippen molar-refractivity contribution in [2.24, 2.45) is 11.8 Å². The molecule has 1 aliphatic carbocycles. The number of benzene rings is 1. The highest BCUT2D eigenvalue weighted by atomic mass is 16.5. The molecule has 0 heterocycles. The average Bonchev–Trinajstić information content (AvgIpc) is 2.96. The predicted octanol–water partition coefficient (Wildman–Crippen LogP) is 4.28. The third kappa shape index (κ3) is 13.6. The minimum Gasteiger partial charge on any atom is -0.495 e. The second kappa shape index (κ2) is 20.1.